The molecule has 0 aliphatic carbocycles. The predicted molar refractivity (Wildman–Crippen MR) is 92.7 cm³/mol. The van der Waals surface area contributed by atoms with Gasteiger partial charge in [0, 0.05) is 18.5 Å². The van der Waals surface area contributed by atoms with Crippen LogP contribution < -0.4 is 5.32 Å². The number of aromatic hydroxyl groups is 1. The fourth-order valence-electron chi connectivity index (χ4n) is 2.23. The summed E-state index contributed by atoms with van der Waals surface area (Å²) in [5.41, 5.74) is 2.07. The third-order valence-corrected chi connectivity index (χ3v) is 4.41. The fourth-order valence-corrected chi connectivity index (χ4v) is 2.84. The maximum absolute atomic E-state index is 12.2. The van der Waals surface area contributed by atoms with Gasteiger partial charge in [0.15, 0.2) is 0 Å². The normalized spacial score (nSPS) is 12.0. The predicted octanol–water partition coefficient (Wildman–Crippen LogP) is 3.32. The van der Waals surface area contributed by atoms with Crippen molar-refractivity contribution in [2.45, 2.75) is 39.3 Å². The molecule has 2 rings (SSSR count). The number of benzene rings is 1. The van der Waals surface area contributed by atoms with E-state index in [4.69, 9.17) is 0 Å². The van der Waals surface area contributed by atoms with Crippen molar-refractivity contribution < 1.29 is 9.90 Å². The third kappa shape index (κ3) is 5.56. The molecule has 124 valence electrons. The number of rotatable bonds is 6. The molecule has 0 saturated heterocycles. The van der Waals surface area contributed by atoms with E-state index in [0.29, 0.717) is 6.54 Å². The molecule has 2 amide bonds. The summed E-state index contributed by atoms with van der Waals surface area (Å²) >= 11 is 1.59. The van der Waals surface area contributed by atoms with Gasteiger partial charge in [-0.15, -0.1) is 11.3 Å². The van der Waals surface area contributed by atoms with Crippen LogP contribution in [0.4, 0.5) is 4.79 Å². The molecule has 0 aliphatic rings. The van der Waals surface area contributed by atoms with E-state index < -0.39 is 0 Å². The number of carbonyl (C=O) groups is 1. The number of hydrogen-bond donors (Lipinski definition) is 2. The molecule has 2 aromatic rings. The molecule has 1 atom stereocenters. The average molecular weight is 333 g/mol. The van der Waals surface area contributed by atoms with Crippen molar-refractivity contribution in [1.29, 1.82) is 0 Å². The van der Waals surface area contributed by atoms with E-state index in [1.165, 1.54) is 0 Å². The van der Waals surface area contributed by atoms with Gasteiger partial charge < -0.3 is 15.3 Å². The smallest absolute Gasteiger partial charge is 0.317 e. The second-order valence-corrected chi connectivity index (χ2v) is 6.83. The first kappa shape index (κ1) is 17.3. The second kappa shape index (κ2) is 7.97. The average Bonchev–Trinajstić information content (AvgIpc) is 2.91. The molecule has 0 bridgehead atoms. The maximum Gasteiger partial charge on any atom is 0.317 e. The minimum absolute atomic E-state index is 0.0796. The maximum atomic E-state index is 12.2. The molecule has 23 heavy (non-hydrogen) atoms. The number of hydrogen-bond acceptors (Lipinski definition) is 4. The Bertz CT molecular complexity index is 640. The summed E-state index contributed by atoms with van der Waals surface area (Å²) in [6.07, 6.45) is 1.71. The highest BCUT2D eigenvalue weighted by atomic mass is 32.1. The van der Waals surface area contributed by atoms with Gasteiger partial charge in [0.05, 0.1) is 17.2 Å². The Morgan fingerprint density at radius 2 is 2.09 bits per heavy atom. The number of carbonyl (C=O) groups excluding carboxylic acids is 1. The van der Waals surface area contributed by atoms with Crippen LogP contribution in [0.1, 0.15) is 29.6 Å². The first-order valence-electron chi connectivity index (χ1n) is 7.64. The van der Waals surface area contributed by atoms with Crippen molar-refractivity contribution in [3.05, 3.63) is 45.9 Å². The largest absolute Gasteiger partial charge is 0.508 e. The fraction of sp³-hybridized carbons (Fsp3) is 0.412. The van der Waals surface area contributed by atoms with Crippen LogP contribution in [0.2, 0.25) is 0 Å². The van der Waals surface area contributed by atoms with Crippen molar-refractivity contribution in [1.82, 2.24) is 15.2 Å². The van der Waals surface area contributed by atoms with Crippen molar-refractivity contribution in [2.75, 3.05) is 7.05 Å². The zero-order valence-corrected chi connectivity index (χ0v) is 14.6. The first-order valence-corrected chi connectivity index (χ1v) is 8.52. The number of nitrogens with zero attached hydrogens (tertiary/aromatic N) is 2. The number of urea groups is 1. The van der Waals surface area contributed by atoms with Crippen molar-refractivity contribution >= 4 is 17.4 Å². The lowest BCUT2D eigenvalue weighted by Crippen LogP contribution is -2.41. The summed E-state index contributed by atoms with van der Waals surface area (Å²) in [5.74, 6) is 0.272. The minimum atomic E-state index is -0.0890. The molecule has 6 heteroatoms. The number of amides is 2. The summed E-state index contributed by atoms with van der Waals surface area (Å²) < 4.78 is 0. The van der Waals surface area contributed by atoms with Crippen LogP contribution in [0.25, 0.3) is 0 Å². The molecule has 1 unspecified atom stereocenters. The molecule has 0 saturated carbocycles. The molecular formula is C17H23N3O2S. The second-order valence-electron chi connectivity index (χ2n) is 5.77. The summed E-state index contributed by atoms with van der Waals surface area (Å²) in [4.78, 5) is 18.2. The van der Waals surface area contributed by atoms with Crippen LogP contribution in [0.15, 0.2) is 29.6 Å². The molecule has 1 heterocycles. The summed E-state index contributed by atoms with van der Waals surface area (Å²) in [6.45, 7) is 4.47. The Morgan fingerprint density at radius 1 is 1.39 bits per heavy atom. The van der Waals surface area contributed by atoms with Crippen LogP contribution in [0.3, 0.4) is 0 Å². The van der Waals surface area contributed by atoms with Crippen LogP contribution in [-0.4, -0.2) is 34.1 Å². The molecule has 1 aromatic heterocycles. The molecule has 1 aromatic carbocycles. The molecule has 0 aliphatic heterocycles. The van der Waals surface area contributed by atoms with Gasteiger partial charge in [-0.2, -0.15) is 0 Å². The van der Waals surface area contributed by atoms with Crippen LogP contribution in [0.5, 0.6) is 5.75 Å². The lowest BCUT2D eigenvalue weighted by atomic mass is 10.1. The number of aromatic nitrogens is 1. The topological polar surface area (TPSA) is 65.5 Å². The highest BCUT2D eigenvalue weighted by Gasteiger charge is 2.13. The van der Waals surface area contributed by atoms with Crippen LogP contribution in [0, 0.1) is 6.92 Å². The Labute approximate surface area is 141 Å². The van der Waals surface area contributed by atoms with Gasteiger partial charge in [-0.05, 0) is 44.4 Å². The first-order chi connectivity index (χ1) is 10.9. The van der Waals surface area contributed by atoms with E-state index in [0.717, 1.165) is 29.1 Å². The van der Waals surface area contributed by atoms with E-state index in [-0.39, 0.29) is 17.8 Å². The third-order valence-electron chi connectivity index (χ3n) is 3.58. The lowest BCUT2D eigenvalue weighted by Gasteiger charge is -2.20. The van der Waals surface area contributed by atoms with Gasteiger partial charge in [0.25, 0.3) is 0 Å². The molecule has 0 radical (unpaired) electrons. The van der Waals surface area contributed by atoms with Crippen LogP contribution >= 0.6 is 11.3 Å². The Hall–Kier alpha value is -2.08. The van der Waals surface area contributed by atoms with E-state index >= 15 is 0 Å². The Balaban J connectivity index is 1.76. The van der Waals surface area contributed by atoms with Gasteiger partial charge >= 0.3 is 6.03 Å². The van der Waals surface area contributed by atoms with Gasteiger partial charge in [-0.3, -0.25) is 0 Å². The summed E-state index contributed by atoms with van der Waals surface area (Å²) in [5, 5.41) is 15.3. The molecule has 5 nitrogen and oxygen atoms in total. The van der Waals surface area contributed by atoms with Gasteiger partial charge in [0.1, 0.15) is 5.75 Å². The lowest BCUT2D eigenvalue weighted by molar-refractivity contribution is 0.202. The number of phenols is 1. The quantitative estimate of drug-likeness (QED) is 0.852. The number of phenolic OH excluding ortho intramolecular Hbond substituents is 1. The summed E-state index contributed by atoms with van der Waals surface area (Å²) in [7, 11) is 1.77. The zero-order valence-electron chi connectivity index (χ0n) is 13.7. The van der Waals surface area contributed by atoms with E-state index in [2.05, 4.69) is 10.3 Å². The van der Waals surface area contributed by atoms with Gasteiger partial charge in [-0.1, -0.05) is 12.1 Å². The molecular weight excluding hydrogens is 310 g/mol. The molecule has 2 N–H and O–H groups in total. The Morgan fingerprint density at radius 3 is 2.70 bits per heavy atom. The van der Waals surface area contributed by atoms with E-state index in [1.807, 2.05) is 31.4 Å². The zero-order chi connectivity index (χ0) is 16.8. The standard InChI is InChI=1S/C17H23N3O2S/c1-12(4-5-14-6-8-16(21)9-7-14)18-17(22)20(3)10-15-11-23-13(2)19-15/h6-9,11-12,21H,4-5,10H2,1-3H3,(H,18,22). The van der Waals surface area contributed by atoms with Crippen molar-refractivity contribution in [3.8, 4) is 5.75 Å². The highest BCUT2D eigenvalue weighted by Crippen LogP contribution is 2.12. The number of aryl methyl sites for hydroxylation is 2. The van der Waals surface area contributed by atoms with Gasteiger partial charge in [-0.25, -0.2) is 9.78 Å². The Kier molecular flexibility index (Phi) is 5.98. The summed E-state index contributed by atoms with van der Waals surface area (Å²) in [6, 6.07) is 7.16. The SMILES string of the molecule is Cc1nc(CN(C)C(=O)NC(C)CCc2ccc(O)cc2)cs1. The minimum Gasteiger partial charge on any atom is -0.508 e. The van der Waals surface area contributed by atoms with E-state index in [1.54, 1.807) is 35.4 Å². The number of thiazole rings is 1. The number of nitrogens with one attached hydrogen (secondary N) is 1. The van der Waals surface area contributed by atoms with Gasteiger partial charge in [0.2, 0.25) is 0 Å². The monoisotopic (exact) mass is 333 g/mol. The van der Waals surface area contributed by atoms with E-state index in [9.17, 15) is 9.90 Å². The molecule has 0 fully saturated rings. The highest BCUT2D eigenvalue weighted by molar-refractivity contribution is 7.09. The van der Waals surface area contributed by atoms with Crippen molar-refractivity contribution in [3.63, 3.8) is 0 Å². The molecule has 0 spiro atoms. The van der Waals surface area contributed by atoms with Crippen molar-refractivity contribution in [2.24, 2.45) is 0 Å². The van der Waals surface area contributed by atoms with Crippen LogP contribution in [-0.2, 0) is 13.0 Å².